The number of rotatable bonds is 3. The predicted molar refractivity (Wildman–Crippen MR) is 85.6 cm³/mol. The van der Waals surface area contributed by atoms with Crippen LogP contribution in [0.4, 0.5) is 4.39 Å². The summed E-state index contributed by atoms with van der Waals surface area (Å²) in [6, 6.07) is -0.284. The lowest BCUT2D eigenvalue weighted by Gasteiger charge is -2.38. The summed E-state index contributed by atoms with van der Waals surface area (Å²) in [6.07, 6.45) is 6.06. The maximum atomic E-state index is 14.1. The Morgan fingerprint density at radius 1 is 1.45 bits per heavy atom. The molecule has 0 aliphatic heterocycles. The molecule has 22 heavy (non-hydrogen) atoms. The Morgan fingerprint density at radius 3 is 2.95 bits per heavy atom. The van der Waals surface area contributed by atoms with E-state index in [0.717, 1.165) is 19.3 Å². The Morgan fingerprint density at radius 2 is 2.23 bits per heavy atom. The third-order valence-electron chi connectivity index (χ3n) is 5.18. The summed E-state index contributed by atoms with van der Waals surface area (Å²) >= 11 is 0. The van der Waals surface area contributed by atoms with Crippen molar-refractivity contribution in [3.8, 4) is 0 Å². The van der Waals surface area contributed by atoms with Crippen molar-refractivity contribution >= 4 is 11.0 Å². The lowest BCUT2D eigenvalue weighted by atomic mass is 9.69. The maximum absolute atomic E-state index is 14.1. The van der Waals surface area contributed by atoms with Gasteiger partial charge >= 0.3 is 0 Å². The summed E-state index contributed by atoms with van der Waals surface area (Å²) in [5.41, 5.74) is 8.85. The topological polar surface area (TPSA) is 67.6 Å². The van der Waals surface area contributed by atoms with Gasteiger partial charge in [-0.1, -0.05) is 19.1 Å². The van der Waals surface area contributed by atoms with E-state index >= 15 is 0 Å². The number of halogens is 1. The van der Waals surface area contributed by atoms with Crippen molar-refractivity contribution in [3.63, 3.8) is 0 Å². The van der Waals surface area contributed by atoms with E-state index in [9.17, 15) is 4.39 Å². The molecule has 4 atom stereocenters. The number of nitrogens with zero attached hydrogens (tertiary/aromatic N) is 2. The first-order valence-corrected chi connectivity index (χ1v) is 7.87. The first-order valence-electron chi connectivity index (χ1n) is 7.87. The standard InChI is InChI=1S/C17H23FN4/c1-9(2)11-5-4-10(3)12(6-11)15(19)16-14-13(18)7-20-17(14)22-8-21-16/h7-8,10-12,15H,1,4-6,19H2,2-3H3,(H,20,21,22). The molecule has 1 aliphatic rings. The molecule has 2 aromatic rings. The Balaban J connectivity index is 1.95. The first-order chi connectivity index (χ1) is 10.5. The summed E-state index contributed by atoms with van der Waals surface area (Å²) in [7, 11) is 0. The molecule has 0 amide bonds. The second-order valence-corrected chi connectivity index (χ2v) is 6.64. The number of aromatic amines is 1. The molecule has 0 bridgehead atoms. The van der Waals surface area contributed by atoms with E-state index < -0.39 is 0 Å². The second kappa shape index (κ2) is 5.80. The number of hydrogen-bond acceptors (Lipinski definition) is 3. The predicted octanol–water partition coefficient (Wildman–Crippen LogP) is 3.73. The summed E-state index contributed by atoms with van der Waals surface area (Å²) in [4.78, 5) is 11.2. The molecule has 3 N–H and O–H groups in total. The van der Waals surface area contributed by atoms with Crippen LogP contribution in [0.2, 0.25) is 0 Å². The molecule has 0 aromatic carbocycles. The van der Waals surface area contributed by atoms with Crippen molar-refractivity contribution in [2.24, 2.45) is 23.5 Å². The van der Waals surface area contributed by atoms with Crippen molar-refractivity contribution in [2.75, 3.05) is 0 Å². The number of nitrogens with one attached hydrogen (secondary N) is 1. The number of H-pyrrole nitrogens is 1. The van der Waals surface area contributed by atoms with E-state index in [-0.39, 0.29) is 17.8 Å². The van der Waals surface area contributed by atoms with Gasteiger partial charge in [0.05, 0.1) is 17.1 Å². The van der Waals surface area contributed by atoms with Gasteiger partial charge in [0.1, 0.15) is 12.0 Å². The third kappa shape index (κ3) is 2.54. The summed E-state index contributed by atoms with van der Waals surface area (Å²) < 4.78 is 14.1. The van der Waals surface area contributed by atoms with E-state index in [1.54, 1.807) is 0 Å². The Kier molecular flexibility index (Phi) is 4.00. The molecule has 4 unspecified atom stereocenters. The maximum Gasteiger partial charge on any atom is 0.152 e. The minimum Gasteiger partial charge on any atom is -0.343 e. The normalized spacial score (nSPS) is 27.0. The van der Waals surface area contributed by atoms with Crippen LogP contribution in [-0.4, -0.2) is 15.0 Å². The van der Waals surface area contributed by atoms with E-state index in [1.807, 2.05) is 0 Å². The zero-order valence-electron chi connectivity index (χ0n) is 13.1. The molecule has 1 saturated carbocycles. The highest BCUT2D eigenvalue weighted by Gasteiger charge is 2.34. The first kappa shape index (κ1) is 15.2. The van der Waals surface area contributed by atoms with Gasteiger partial charge in [0.15, 0.2) is 5.82 Å². The van der Waals surface area contributed by atoms with Crippen LogP contribution >= 0.6 is 0 Å². The summed E-state index contributed by atoms with van der Waals surface area (Å²) in [5, 5.41) is 0.430. The summed E-state index contributed by atoms with van der Waals surface area (Å²) in [5.74, 6) is 0.946. The highest BCUT2D eigenvalue weighted by Crippen LogP contribution is 2.42. The molecule has 4 nitrogen and oxygen atoms in total. The molecule has 0 radical (unpaired) electrons. The fourth-order valence-corrected chi connectivity index (χ4v) is 3.71. The number of fused-ring (bicyclic) bond motifs is 1. The number of hydrogen-bond donors (Lipinski definition) is 2. The second-order valence-electron chi connectivity index (χ2n) is 6.64. The molecule has 118 valence electrons. The Bertz CT molecular complexity index is 693. The van der Waals surface area contributed by atoms with Gasteiger partial charge in [0, 0.05) is 6.20 Å². The average molecular weight is 302 g/mol. The van der Waals surface area contributed by atoms with Crippen LogP contribution in [-0.2, 0) is 0 Å². The van der Waals surface area contributed by atoms with Crippen LogP contribution in [0.3, 0.4) is 0 Å². The molecule has 0 spiro atoms. The van der Waals surface area contributed by atoms with Crippen molar-refractivity contribution in [2.45, 2.75) is 39.2 Å². The molecule has 2 heterocycles. The molecule has 0 saturated heterocycles. The molecule has 1 fully saturated rings. The van der Waals surface area contributed by atoms with Gasteiger partial charge in [0.2, 0.25) is 0 Å². The smallest absolute Gasteiger partial charge is 0.152 e. The van der Waals surface area contributed by atoms with Crippen LogP contribution in [0.25, 0.3) is 11.0 Å². The van der Waals surface area contributed by atoms with Gasteiger partial charge in [-0.25, -0.2) is 14.4 Å². The van der Waals surface area contributed by atoms with Crippen LogP contribution in [0.1, 0.15) is 44.8 Å². The Hall–Kier alpha value is -1.75. The molecule has 3 rings (SSSR count). The highest BCUT2D eigenvalue weighted by molar-refractivity contribution is 5.79. The summed E-state index contributed by atoms with van der Waals surface area (Å²) in [6.45, 7) is 8.40. The van der Waals surface area contributed by atoms with Gasteiger partial charge in [-0.15, -0.1) is 0 Å². The van der Waals surface area contributed by atoms with Crippen LogP contribution in [0.15, 0.2) is 24.7 Å². The van der Waals surface area contributed by atoms with E-state index in [0.29, 0.717) is 28.6 Å². The molecular weight excluding hydrogens is 279 g/mol. The van der Waals surface area contributed by atoms with Crippen LogP contribution < -0.4 is 5.73 Å². The Labute approximate surface area is 130 Å². The number of allylic oxidation sites excluding steroid dienone is 1. The van der Waals surface area contributed by atoms with Crippen molar-refractivity contribution < 1.29 is 4.39 Å². The van der Waals surface area contributed by atoms with Gasteiger partial charge in [-0.3, -0.25) is 0 Å². The zero-order chi connectivity index (χ0) is 15.9. The number of aromatic nitrogens is 3. The van der Waals surface area contributed by atoms with Gasteiger partial charge in [0.25, 0.3) is 0 Å². The van der Waals surface area contributed by atoms with Crippen molar-refractivity contribution in [1.82, 2.24) is 15.0 Å². The fourth-order valence-electron chi connectivity index (χ4n) is 3.71. The van der Waals surface area contributed by atoms with Gasteiger partial charge in [-0.2, -0.15) is 0 Å². The lowest BCUT2D eigenvalue weighted by molar-refractivity contribution is 0.180. The van der Waals surface area contributed by atoms with Crippen molar-refractivity contribution in [1.29, 1.82) is 0 Å². The average Bonchev–Trinajstić information content (AvgIpc) is 2.88. The SMILES string of the molecule is C=C(C)C1CCC(C)C(C(N)c2ncnc3[nH]cc(F)c23)C1. The fraction of sp³-hybridized carbons (Fsp3) is 0.529. The highest BCUT2D eigenvalue weighted by atomic mass is 19.1. The van der Waals surface area contributed by atoms with Crippen LogP contribution in [0, 0.1) is 23.6 Å². The quantitative estimate of drug-likeness (QED) is 0.849. The number of nitrogens with two attached hydrogens (primary N) is 1. The monoisotopic (exact) mass is 302 g/mol. The van der Waals surface area contributed by atoms with Crippen LogP contribution in [0.5, 0.6) is 0 Å². The lowest BCUT2D eigenvalue weighted by Crippen LogP contribution is -2.33. The molecule has 5 heteroatoms. The minimum absolute atomic E-state index is 0.280. The molecule has 1 aliphatic carbocycles. The third-order valence-corrected chi connectivity index (χ3v) is 5.18. The van der Waals surface area contributed by atoms with E-state index in [1.165, 1.54) is 18.1 Å². The van der Waals surface area contributed by atoms with Gasteiger partial charge in [-0.05, 0) is 43.9 Å². The van der Waals surface area contributed by atoms with E-state index in [2.05, 4.69) is 35.4 Å². The molecular formula is C17H23FN4. The largest absolute Gasteiger partial charge is 0.343 e. The van der Waals surface area contributed by atoms with Gasteiger partial charge < -0.3 is 10.7 Å². The minimum atomic E-state index is -0.332. The zero-order valence-corrected chi connectivity index (χ0v) is 13.1. The van der Waals surface area contributed by atoms with Crippen molar-refractivity contribution in [3.05, 3.63) is 36.2 Å². The van der Waals surface area contributed by atoms with E-state index in [4.69, 9.17) is 5.73 Å². The molecule has 2 aromatic heterocycles.